The van der Waals surface area contributed by atoms with Crippen molar-refractivity contribution in [1.29, 1.82) is 0 Å². The number of hydrogen-bond donors (Lipinski definition) is 1. The third kappa shape index (κ3) is 3.14. The van der Waals surface area contributed by atoms with Gasteiger partial charge >= 0.3 is 0 Å². The van der Waals surface area contributed by atoms with Crippen molar-refractivity contribution in [2.75, 3.05) is 6.54 Å². The summed E-state index contributed by atoms with van der Waals surface area (Å²) in [5.41, 5.74) is 3.19. The van der Waals surface area contributed by atoms with Crippen LogP contribution in [-0.2, 0) is 0 Å². The van der Waals surface area contributed by atoms with Gasteiger partial charge in [0.15, 0.2) is 0 Å². The molecule has 4 heteroatoms. The summed E-state index contributed by atoms with van der Waals surface area (Å²) in [6.45, 7) is 1.09. The van der Waals surface area contributed by atoms with E-state index in [1.165, 1.54) is 30.5 Å². The van der Waals surface area contributed by atoms with Crippen LogP contribution in [0.25, 0.3) is 11.1 Å². The smallest absolute Gasteiger partial charge is 0.124 e. The molecule has 106 valence electrons. The average molecular weight is 312 g/mol. The lowest BCUT2D eigenvalue weighted by molar-refractivity contribution is 0.628. The number of hydrogen-bond acceptors (Lipinski definition) is 1. The molecule has 1 unspecified atom stereocenters. The zero-order chi connectivity index (χ0) is 13.2. The zero-order valence-corrected chi connectivity index (χ0v) is 12.5. The van der Waals surface area contributed by atoms with Crippen molar-refractivity contribution >= 4 is 24.0 Å². The largest absolute Gasteiger partial charge is 0.310 e. The Morgan fingerprint density at radius 1 is 1.10 bits per heavy atom. The number of rotatable bonds is 2. The van der Waals surface area contributed by atoms with Crippen molar-refractivity contribution in [2.45, 2.75) is 18.9 Å². The Morgan fingerprint density at radius 2 is 1.85 bits per heavy atom. The summed E-state index contributed by atoms with van der Waals surface area (Å²) >= 11 is 6.08. The van der Waals surface area contributed by atoms with Crippen LogP contribution in [0.15, 0.2) is 42.5 Å². The minimum absolute atomic E-state index is 0. The molecule has 1 nitrogen and oxygen atoms in total. The summed E-state index contributed by atoms with van der Waals surface area (Å²) in [6.07, 6.45) is 2.42. The first-order valence-electron chi connectivity index (χ1n) is 6.53. The lowest BCUT2D eigenvalue weighted by atomic mass is 10.00. The Hall–Kier alpha value is -1.09. The number of benzene rings is 2. The molecule has 0 amide bonds. The average Bonchev–Trinajstić information content (AvgIpc) is 2.93. The molecule has 1 atom stereocenters. The standard InChI is InChI=1S/C16H15ClFN.ClH/c17-15-10-13(18)7-8-14(15)11-3-5-12(6-4-11)16-2-1-9-19-16;/h3-8,10,16,19H,1-2,9H2;1H. The van der Waals surface area contributed by atoms with Crippen molar-refractivity contribution in [3.05, 3.63) is 58.9 Å². The van der Waals surface area contributed by atoms with Crippen molar-refractivity contribution in [2.24, 2.45) is 0 Å². The number of halogens is 3. The van der Waals surface area contributed by atoms with Crippen LogP contribution in [0.1, 0.15) is 24.4 Å². The van der Waals surface area contributed by atoms with Gasteiger partial charge in [-0.25, -0.2) is 4.39 Å². The van der Waals surface area contributed by atoms with Gasteiger partial charge in [-0.15, -0.1) is 12.4 Å². The quantitative estimate of drug-likeness (QED) is 0.823. The van der Waals surface area contributed by atoms with E-state index in [0.29, 0.717) is 11.1 Å². The molecule has 2 aromatic carbocycles. The lowest BCUT2D eigenvalue weighted by Crippen LogP contribution is -2.12. The van der Waals surface area contributed by atoms with E-state index in [1.54, 1.807) is 6.07 Å². The molecule has 0 saturated carbocycles. The van der Waals surface area contributed by atoms with E-state index in [-0.39, 0.29) is 18.2 Å². The summed E-state index contributed by atoms with van der Waals surface area (Å²) in [4.78, 5) is 0. The molecule has 1 fully saturated rings. The van der Waals surface area contributed by atoms with Gasteiger partial charge in [0.05, 0.1) is 5.02 Å². The van der Waals surface area contributed by atoms with Crippen molar-refractivity contribution in [1.82, 2.24) is 5.32 Å². The van der Waals surface area contributed by atoms with Gasteiger partial charge in [-0.1, -0.05) is 35.9 Å². The molecule has 3 rings (SSSR count). The molecule has 0 bridgehead atoms. The third-order valence-corrected chi connectivity index (χ3v) is 3.93. The Morgan fingerprint density at radius 3 is 2.45 bits per heavy atom. The van der Waals surface area contributed by atoms with Gasteiger partial charge < -0.3 is 5.32 Å². The van der Waals surface area contributed by atoms with Gasteiger partial charge in [-0.2, -0.15) is 0 Å². The van der Waals surface area contributed by atoms with Gasteiger partial charge in [0.25, 0.3) is 0 Å². The second kappa shape index (κ2) is 6.57. The second-order valence-corrected chi connectivity index (χ2v) is 5.30. The van der Waals surface area contributed by atoms with E-state index < -0.39 is 0 Å². The summed E-state index contributed by atoms with van der Waals surface area (Å²) < 4.78 is 13.0. The molecule has 1 N–H and O–H groups in total. The van der Waals surface area contributed by atoms with Crippen molar-refractivity contribution in [3.8, 4) is 11.1 Å². The molecule has 1 aliphatic rings. The van der Waals surface area contributed by atoms with E-state index >= 15 is 0 Å². The molecule has 20 heavy (non-hydrogen) atoms. The van der Waals surface area contributed by atoms with Crippen molar-refractivity contribution in [3.63, 3.8) is 0 Å². The van der Waals surface area contributed by atoms with Gasteiger partial charge in [-0.05, 0) is 48.7 Å². The first kappa shape index (κ1) is 15.3. The Balaban J connectivity index is 0.00000147. The van der Waals surface area contributed by atoms with Crippen LogP contribution in [0.5, 0.6) is 0 Å². The van der Waals surface area contributed by atoms with Crippen molar-refractivity contribution < 1.29 is 4.39 Å². The SMILES string of the molecule is Cl.Fc1ccc(-c2ccc(C3CCCN3)cc2)c(Cl)c1. The van der Waals surface area contributed by atoms with Gasteiger partial charge in [0.2, 0.25) is 0 Å². The predicted octanol–water partition coefficient (Wildman–Crippen LogP) is 4.99. The maximum absolute atomic E-state index is 13.0. The summed E-state index contributed by atoms with van der Waals surface area (Å²) in [5, 5.41) is 3.93. The number of nitrogens with one attached hydrogen (secondary N) is 1. The van der Waals surface area contributed by atoms with Crippen LogP contribution in [0, 0.1) is 5.82 Å². The van der Waals surface area contributed by atoms with E-state index in [2.05, 4.69) is 29.6 Å². The Bertz CT molecular complexity index is 578. The highest BCUT2D eigenvalue weighted by Crippen LogP contribution is 2.30. The molecule has 1 aliphatic heterocycles. The van der Waals surface area contributed by atoms with Crippen LogP contribution < -0.4 is 5.32 Å². The van der Waals surface area contributed by atoms with Crippen LogP contribution in [0.4, 0.5) is 4.39 Å². The molecule has 0 aliphatic carbocycles. The Labute approximate surface area is 129 Å². The first-order chi connectivity index (χ1) is 9.24. The van der Waals surface area contributed by atoms with E-state index in [4.69, 9.17) is 11.6 Å². The fraction of sp³-hybridized carbons (Fsp3) is 0.250. The van der Waals surface area contributed by atoms with Crippen LogP contribution in [0.3, 0.4) is 0 Å². The van der Waals surface area contributed by atoms with Crippen LogP contribution in [-0.4, -0.2) is 6.54 Å². The zero-order valence-electron chi connectivity index (χ0n) is 10.9. The van der Waals surface area contributed by atoms with Gasteiger partial charge in [0.1, 0.15) is 5.82 Å². The highest BCUT2D eigenvalue weighted by Gasteiger charge is 2.15. The van der Waals surface area contributed by atoms with Crippen LogP contribution in [0.2, 0.25) is 5.02 Å². The monoisotopic (exact) mass is 311 g/mol. The Kier molecular flexibility index (Phi) is 5.03. The molecule has 1 heterocycles. The fourth-order valence-corrected chi connectivity index (χ4v) is 2.86. The topological polar surface area (TPSA) is 12.0 Å². The second-order valence-electron chi connectivity index (χ2n) is 4.90. The predicted molar refractivity (Wildman–Crippen MR) is 84.1 cm³/mol. The molecular weight excluding hydrogens is 296 g/mol. The summed E-state index contributed by atoms with van der Waals surface area (Å²) in [6, 6.07) is 13.3. The maximum atomic E-state index is 13.0. The van der Waals surface area contributed by atoms with E-state index in [9.17, 15) is 4.39 Å². The van der Waals surface area contributed by atoms with Gasteiger partial charge in [0, 0.05) is 11.6 Å². The minimum Gasteiger partial charge on any atom is -0.310 e. The normalized spacial score (nSPS) is 17.8. The fourth-order valence-electron chi connectivity index (χ4n) is 2.59. The third-order valence-electron chi connectivity index (χ3n) is 3.62. The van der Waals surface area contributed by atoms with E-state index in [0.717, 1.165) is 17.7 Å². The molecular formula is C16H16Cl2FN. The summed E-state index contributed by atoms with van der Waals surface area (Å²) in [7, 11) is 0. The van der Waals surface area contributed by atoms with Crippen LogP contribution >= 0.6 is 24.0 Å². The maximum Gasteiger partial charge on any atom is 0.124 e. The highest BCUT2D eigenvalue weighted by atomic mass is 35.5. The minimum atomic E-state index is -0.305. The van der Waals surface area contributed by atoms with E-state index in [1.807, 2.05) is 0 Å². The lowest BCUT2D eigenvalue weighted by Gasteiger charge is -2.12. The molecule has 0 aromatic heterocycles. The molecule has 1 saturated heterocycles. The molecule has 0 radical (unpaired) electrons. The molecule has 0 spiro atoms. The van der Waals surface area contributed by atoms with Gasteiger partial charge in [-0.3, -0.25) is 0 Å². The highest BCUT2D eigenvalue weighted by molar-refractivity contribution is 6.33. The summed E-state index contributed by atoms with van der Waals surface area (Å²) in [5.74, 6) is -0.305. The molecule has 2 aromatic rings. The first-order valence-corrected chi connectivity index (χ1v) is 6.90.